The smallest absolute Gasteiger partial charge is 0.342 e. The minimum absolute atomic E-state index is 0.0194. The minimum atomic E-state index is -0.800. The molecule has 0 aliphatic rings. The van der Waals surface area contributed by atoms with Crippen LogP contribution in [0.25, 0.3) is 0 Å². The van der Waals surface area contributed by atoms with Crippen LogP contribution < -0.4 is 5.32 Å². The van der Waals surface area contributed by atoms with Gasteiger partial charge in [0.25, 0.3) is 5.91 Å². The summed E-state index contributed by atoms with van der Waals surface area (Å²) in [6.45, 7) is 1.48. The Hall–Kier alpha value is -3.35. The van der Waals surface area contributed by atoms with Crippen LogP contribution >= 0.6 is 0 Å². The number of para-hydroxylation sites is 1. The molecule has 2 aromatic carbocycles. The molecule has 0 spiro atoms. The van der Waals surface area contributed by atoms with Crippen molar-refractivity contribution in [3.8, 4) is 5.75 Å². The van der Waals surface area contributed by atoms with Crippen molar-refractivity contribution >= 4 is 23.5 Å². The van der Waals surface area contributed by atoms with Crippen LogP contribution in [0.15, 0.2) is 48.5 Å². The Morgan fingerprint density at radius 3 is 2.28 bits per heavy atom. The Balaban J connectivity index is 1.87. The fourth-order valence-corrected chi connectivity index (χ4v) is 1.96. The lowest BCUT2D eigenvalue weighted by Crippen LogP contribution is -2.21. The zero-order chi connectivity index (χ0) is 18.2. The first kappa shape index (κ1) is 18.0. The van der Waals surface area contributed by atoms with Crippen molar-refractivity contribution in [2.24, 2.45) is 0 Å². The standard InChI is InChI=1S/C18H17NO6/c1-2-24-17(22)12-7-9-13(10-8-12)19-16(21)11-25-18(23)14-5-3-4-6-15(14)20/h3-10,20H,2,11H2,1H3,(H,19,21). The van der Waals surface area contributed by atoms with E-state index in [1.54, 1.807) is 19.1 Å². The number of hydrogen-bond acceptors (Lipinski definition) is 6. The molecule has 130 valence electrons. The van der Waals surface area contributed by atoms with Gasteiger partial charge in [0.2, 0.25) is 0 Å². The molecular weight excluding hydrogens is 326 g/mol. The zero-order valence-corrected chi connectivity index (χ0v) is 13.5. The largest absolute Gasteiger partial charge is 0.507 e. The summed E-state index contributed by atoms with van der Waals surface area (Å²) in [5, 5.41) is 12.1. The topological polar surface area (TPSA) is 102 Å². The van der Waals surface area contributed by atoms with Crippen molar-refractivity contribution in [1.82, 2.24) is 0 Å². The predicted molar refractivity (Wildman–Crippen MR) is 89.4 cm³/mol. The Morgan fingerprint density at radius 2 is 1.64 bits per heavy atom. The summed E-state index contributed by atoms with van der Waals surface area (Å²) in [5.74, 6) is -2.02. The number of carbonyl (C=O) groups is 3. The molecule has 0 saturated carbocycles. The Morgan fingerprint density at radius 1 is 0.960 bits per heavy atom. The number of esters is 2. The van der Waals surface area contributed by atoms with Crippen LogP contribution in [0.5, 0.6) is 5.75 Å². The summed E-state index contributed by atoms with van der Waals surface area (Å²) in [4.78, 5) is 35.1. The van der Waals surface area contributed by atoms with E-state index in [-0.39, 0.29) is 17.9 Å². The quantitative estimate of drug-likeness (QED) is 0.781. The van der Waals surface area contributed by atoms with E-state index in [0.717, 1.165) is 0 Å². The van der Waals surface area contributed by atoms with Gasteiger partial charge in [-0.1, -0.05) is 12.1 Å². The Labute approximate surface area is 144 Å². The number of phenols is 1. The summed E-state index contributed by atoms with van der Waals surface area (Å²) in [6, 6.07) is 12.0. The summed E-state index contributed by atoms with van der Waals surface area (Å²) in [6.07, 6.45) is 0. The van der Waals surface area contributed by atoms with Crippen LogP contribution in [0.2, 0.25) is 0 Å². The van der Waals surface area contributed by atoms with E-state index >= 15 is 0 Å². The van der Waals surface area contributed by atoms with E-state index in [0.29, 0.717) is 11.3 Å². The molecule has 0 radical (unpaired) electrons. The van der Waals surface area contributed by atoms with Crippen LogP contribution in [-0.2, 0) is 14.3 Å². The fourth-order valence-electron chi connectivity index (χ4n) is 1.96. The average Bonchev–Trinajstić information content (AvgIpc) is 2.61. The molecule has 25 heavy (non-hydrogen) atoms. The minimum Gasteiger partial charge on any atom is -0.507 e. The first-order valence-corrected chi connectivity index (χ1v) is 7.53. The number of nitrogens with one attached hydrogen (secondary N) is 1. The van der Waals surface area contributed by atoms with Gasteiger partial charge in [0.15, 0.2) is 6.61 Å². The van der Waals surface area contributed by atoms with Gasteiger partial charge in [-0.2, -0.15) is 0 Å². The number of benzene rings is 2. The van der Waals surface area contributed by atoms with Crippen LogP contribution in [0.3, 0.4) is 0 Å². The van der Waals surface area contributed by atoms with E-state index < -0.39 is 24.5 Å². The van der Waals surface area contributed by atoms with E-state index in [4.69, 9.17) is 9.47 Å². The third-order valence-corrected chi connectivity index (χ3v) is 3.14. The third kappa shape index (κ3) is 5.07. The van der Waals surface area contributed by atoms with Gasteiger partial charge >= 0.3 is 11.9 Å². The van der Waals surface area contributed by atoms with E-state index in [2.05, 4.69) is 5.32 Å². The summed E-state index contributed by atoms with van der Waals surface area (Å²) < 4.78 is 9.71. The van der Waals surface area contributed by atoms with E-state index in [1.165, 1.54) is 36.4 Å². The molecule has 0 unspecified atom stereocenters. The highest BCUT2D eigenvalue weighted by atomic mass is 16.5. The van der Waals surface area contributed by atoms with Crippen molar-refractivity contribution < 1.29 is 29.0 Å². The molecule has 0 bridgehead atoms. The number of hydrogen-bond donors (Lipinski definition) is 2. The molecule has 0 heterocycles. The lowest BCUT2D eigenvalue weighted by molar-refractivity contribution is -0.119. The number of ether oxygens (including phenoxy) is 2. The monoisotopic (exact) mass is 343 g/mol. The Bertz CT molecular complexity index is 769. The van der Waals surface area contributed by atoms with E-state index in [1.807, 2.05) is 0 Å². The number of rotatable bonds is 6. The molecule has 0 fully saturated rings. The lowest BCUT2D eigenvalue weighted by atomic mass is 10.2. The number of phenolic OH excluding ortho intramolecular Hbond substituents is 1. The lowest BCUT2D eigenvalue weighted by Gasteiger charge is -2.08. The zero-order valence-electron chi connectivity index (χ0n) is 13.5. The van der Waals surface area contributed by atoms with Crippen molar-refractivity contribution in [1.29, 1.82) is 0 Å². The average molecular weight is 343 g/mol. The molecule has 0 aliphatic carbocycles. The molecule has 1 amide bonds. The second kappa shape index (κ2) is 8.49. The van der Waals surface area contributed by atoms with E-state index in [9.17, 15) is 19.5 Å². The van der Waals surface area contributed by atoms with Crippen molar-refractivity contribution in [2.45, 2.75) is 6.92 Å². The van der Waals surface area contributed by atoms with Crippen LogP contribution in [-0.4, -0.2) is 36.2 Å². The summed E-state index contributed by atoms with van der Waals surface area (Å²) in [5.41, 5.74) is 0.788. The molecule has 2 rings (SSSR count). The highest BCUT2D eigenvalue weighted by Gasteiger charge is 2.14. The Kier molecular flexibility index (Phi) is 6.11. The summed E-state index contributed by atoms with van der Waals surface area (Å²) in [7, 11) is 0. The number of anilines is 1. The van der Waals surface area contributed by atoms with Gasteiger partial charge < -0.3 is 19.9 Å². The molecule has 0 saturated heterocycles. The van der Waals surface area contributed by atoms with Crippen molar-refractivity contribution in [2.75, 3.05) is 18.5 Å². The molecule has 2 N–H and O–H groups in total. The predicted octanol–water partition coefficient (Wildman–Crippen LogP) is 2.36. The summed E-state index contributed by atoms with van der Waals surface area (Å²) >= 11 is 0. The maximum absolute atomic E-state index is 11.8. The van der Waals surface area contributed by atoms with Gasteiger partial charge in [0.1, 0.15) is 11.3 Å². The highest BCUT2D eigenvalue weighted by molar-refractivity contribution is 5.97. The molecule has 7 heteroatoms. The first-order chi connectivity index (χ1) is 12.0. The van der Waals surface area contributed by atoms with Gasteiger partial charge in [-0.3, -0.25) is 4.79 Å². The maximum Gasteiger partial charge on any atom is 0.342 e. The second-order valence-corrected chi connectivity index (χ2v) is 4.94. The number of amides is 1. The second-order valence-electron chi connectivity index (χ2n) is 4.94. The van der Waals surface area contributed by atoms with Crippen LogP contribution in [0.1, 0.15) is 27.6 Å². The van der Waals surface area contributed by atoms with Gasteiger partial charge in [-0.05, 0) is 43.3 Å². The van der Waals surface area contributed by atoms with Gasteiger partial charge in [-0.25, -0.2) is 9.59 Å². The maximum atomic E-state index is 11.8. The van der Waals surface area contributed by atoms with Gasteiger partial charge in [0, 0.05) is 5.69 Å². The van der Waals surface area contributed by atoms with Crippen LogP contribution in [0.4, 0.5) is 5.69 Å². The van der Waals surface area contributed by atoms with Crippen molar-refractivity contribution in [3.63, 3.8) is 0 Å². The normalized spacial score (nSPS) is 9.96. The molecule has 7 nitrogen and oxygen atoms in total. The first-order valence-electron chi connectivity index (χ1n) is 7.53. The fraction of sp³-hybridized carbons (Fsp3) is 0.167. The SMILES string of the molecule is CCOC(=O)c1ccc(NC(=O)COC(=O)c2ccccc2O)cc1. The number of carbonyl (C=O) groups excluding carboxylic acids is 3. The van der Waals surface area contributed by atoms with Crippen LogP contribution in [0, 0.1) is 0 Å². The molecular formula is C18H17NO6. The number of aromatic hydroxyl groups is 1. The molecule has 2 aromatic rings. The third-order valence-electron chi connectivity index (χ3n) is 3.14. The van der Waals surface area contributed by atoms with Gasteiger partial charge in [0.05, 0.1) is 12.2 Å². The van der Waals surface area contributed by atoms with Crippen molar-refractivity contribution in [3.05, 3.63) is 59.7 Å². The molecule has 0 aromatic heterocycles. The molecule has 0 aliphatic heterocycles. The molecule has 0 atom stereocenters. The van der Waals surface area contributed by atoms with Gasteiger partial charge in [-0.15, -0.1) is 0 Å². The highest BCUT2D eigenvalue weighted by Crippen LogP contribution is 2.16.